The minimum atomic E-state index is -1.13. The van der Waals surface area contributed by atoms with Crippen molar-refractivity contribution in [3.63, 3.8) is 0 Å². The minimum absolute atomic E-state index is 0.112. The number of carboxylic acid groups (broad SMARTS) is 2. The van der Waals surface area contributed by atoms with Gasteiger partial charge in [-0.25, -0.2) is 0 Å². The van der Waals surface area contributed by atoms with Crippen molar-refractivity contribution in [1.82, 2.24) is 0 Å². The van der Waals surface area contributed by atoms with E-state index in [1.54, 1.807) is 15.3 Å². The molecule has 0 aromatic rings. The quantitative estimate of drug-likeness (QED) is 0.260. The number of rotatable bonds is 12. The Morgan fingerprint density at radius 1 is 0.739 bits per heavy atom. The van der Waals surface area contributed by atoms with Crippen molar-refractivity contribution >= 4 is 58.3 Å². The van der Waals surface area contributed by atoms with Gasteiger partial charge in [-0.15, -0.1) is 0 Å². The maximum atomic E-state index is 9.18. The standard InChI is InChI=1S/C8H17.C4H9.2C2H4O2S.Sn/c1-3-5-7-8-6-4-2;1-3-4-2;2*3-2(4)1-5;/h1,3-8H2,2H3;1,3-4H2,2H3;2*5H,1H2,(H,3,4);/q;;;;+2/p-2. The second-order valence-corrected chi connectivity index (χ2v) is 9.85. The fourth-order valence-corrected chi connectivity index (χ4v) is 5.32. The van der Waals surface area contributed by atoms with Gasteiger partial charge < -0.3 is 19.8 Å². The van der Waals surface area contributed by atoms with Crippen molar-refractivity contribution in [2.45, 2.75) is 74.1 Å². The molecule has 0 spiro atoms. The fourth-order valence-electron chi connectivity index (χ4n) is 1.46. The first-order chi connectivity index (χ1) is 11.0. The summed E-state index contributed by atoms with van der Waals surface area (Å²) < 4.78 is 3.28. The van der Waals surface area contributed by atoms with Crippen LogP contribution in [0.3, 0.4) is 0 Å². The van der Waals surface area contributed by atoms with E-state index < -0.39 is 11.9 Å². The summed E-state index contributed by atoms with van der Waals surface area (Å²) in [6.07, 6.45) is 11.8. The zero-order valence-corrected chi connectivity index (χ0v) is 19.2. The summed E-state index contributed by atoms with van der Waals surface area (Å²) in [7, 11) is 0. The molecule has 0 bridgehead atoms. The summed E-state index contributed by atoms with van der Waals surface area (Å²) in [5, 5.41) is 18.4. The number of carboxylic acids is 2. The number of hydrogen-bond acceptors (Lipinski definition) is 6. The summed E-state index contributed by atoms with van der Waals surface area (Å²) >= 11 is 6.82. The van der Waals surface area contributed by atoms with Crippen LogP contribution in [0.25, 0.3) is 0 Å². The number of carbonyl (C=O) groups is 2. The first kappa shape index (κ1) is 28.3. The molecule has 0 aromatic carbocycles. The van der Waals surface area contributed by atoms with E-state index in [0.29, 0.717) is 0 Å². The monoisotopic (exact) mass is 472 g/mol. The van der Waals surface area contributed by atoms with Gasteiger partial charge >= 0.3 is 95.2 Å². The molecule has 0 heterocycles. The Hall–Kier alpha value is 0.439. The van der Waals surface area contributed by atoms with Gasteiger partial charge in [-0.1, -0.05) is 0 Å². The molecule has 4 nitrogen and oxygen atoms in total. The molecule has 0 rings (SSSR count). The molecule has 0 aliphatic carbocycles. The molecule has 0 radical (unpaired) electrons. The third kappa shape index (κ3) is 45.0. The van der Waals surface area contributed by atoms with Crippen molar-refractivity contribution in [2.24, 2.45) is 0 Å². The normalized spacial score (nSPS) is 8.87. The Morgan fingerprint density at radius 3 is 1.48 bits per heavy atom. The molecule has 136 valence electrons. The largest absolute Gasteiger partial charge is 0.549 e. The van der Waals surface area contributed by atoms with Crippen molar-refractivity contribution in [1.29, 1.82) is 0 Å². The van der Waals surface area contributed by atoms with E-state index in [4.69, 9.17) is 0 Å². The first-order valence-electron chi connectivity index (χ1n) is 8.28. The van der Waals surface area contributed by atoms with E-state index >= 15 is 0 Å². The van der Waals surface area contributed by atoms with E-state index in [-0.39, 0.29) is 32.6 Å². The van der Waals surface area contributed by atoms with E-state index in [1.165, 1.54) is 44.9 Å². The molecular formula is C16H32O4S2Sn. The average molecular weight is 471 g/mol. The summed E-state index contributed by atoms with van der Waals surface area (Å²) in [4.78, 5) is 18.4. The van der Waals surface area contributed by atoms with Crippen LogP contribution in [0.15, 0.2) is 0 Å². The Bertz CT molecular complexity index is 230. The van der Waals surface area contributed by atoms with Gasteiger partial charge in [0.2, 0.25) is 0 Å². The van der Waals surface area contributed by atoms with Gasteiger partial charge in [-0.05, 0) is 0 Å². The van der Waals surface area contributed by atoms with Crippen LogP contribution in [-0.2, 0) is 9.59 Å². The summed E-state index contributed by atoms with van der Waals surface area (Å²) in [5.74, 6) is -2.65. The first-order valence-corrected chi connectivity index (χ1v) is 13.6. The molecular weight excluding hydrogens is 439 g/mol. The van der Waals surface area contributed by atoms with E-state index in [2.05, 4.69) is 39.1 Å². The molecule has 0 fully saturated rings. The molecule has 23 heavy (non-hydrogen) atoms. The second-order valence-electron chi connectivity index (χ2n) is 4.93. The predicted molar refractivity (Wildman–Crippen MR) is 101 cm³/mol. The Kier molecular flexibility index (Phi) is 33.5. The molecule has 0 N–H and O–H groups in total. The number of carbonyl (C=O) groups excluding carboxylic acids is 2. The zero-order chi connectivity index (χ0) is 18.3. The molecule has 0 atom stereocenters. The number of unbranched alkanes of at least 4 members (excludes halogenated alkanes) is 6. The molecule has 0 saturated carbocycles. The maximum absolute atomic E-state index is 9.18. The van der Waals surface area contributed by atoms with Crippen LogP contribution in [-0.4, -0.2) is 44.6 Å². The molecule has 0 aliphatic heterocycles. The van der Waals surface area contributed by atoms with Gasteiger partial charge in [0.05, 0.1) is 11.9 Å². The van der Waals surface area contributed by atoms with Gasteiger partial charge in [0.25, 0.3) is 0 Å². The second kappa shape index (κ2) is 27.3. The maximum Gasteiger partial charge on any atom is 0.0510 e. The smallest absolute Gasteiger partial charge is 0.0510 e. The summed E-state index contributed by atoms with van der Waals surface area (Å²) in [5.41, 5.74) is 0. The van der Waals surface area contributed by atoms with Crippen LogP contribution in [0.2, 0.25) is 8.87 Å². The van der Waals surface area contributed by atoms with Crippen molar-refractivity contribution in [3.05, 3.63) is 0 Å². The zero-order valence-electron chi connectivity index (χ0n) is 14.5. The Balaban J connectivity index is -0.000000329. The van der Waals surface area contributed by atoms with E-state index in [1.807, 2.05) is 0 Å². The van der Waals surface area contributed by atoms with Crippen LogP contribution < -0.4 is 10.2 Å². The van der Waals surface area contributed by atoms with Gasteiger partial charge in [-0.2, -0.15) is 25.3 Å². The summed E-state index contributed by atoms with van der Waals surface area (Å²) in [6, 6.07) is 0. The van der Waals surface area contributed by atoms with Gasteiger partial charge in [-0.3, -0.25) is 0 Å². The Labute approximate surface area is 163 Å². The Morgan fingerprint density at radius 2 is 1.09 bits per heavy atom. The number of hydrogen-bond donors (Lipinski definition) is 2. The molecule has 0 unspecified atom stereocenters. The third-order valence-electron chi connectivity index (χ3n) is 2.67. The van der Waals surface area contributed by atoms with Crippen LogP contribution in [0, 0.1) is 0 Å². The molecule has 0 saturated heterocycles. The molecule has 0 aliphatic rings. The van der Waals surface area contributed by atoms with Crippen LogP contribution >= 0.6 is 25.3 Å². The van der Waals surface area contributed by atoms with Crippen molar-refractivity contribution in [2.75, 3.05) is 11.5 Å². The van der Waals surface area contributed by atoms with Gasteiger partial charge in [0.15, 0.2) is 0 Å². The van der Waals surface area contributed by atoms with E-state index in [9.17, 15) is 19.8 Å². The van der Waals surface area contributed by atoms with Gasteiger partial charge in [0.1, 0.15) is 0 Å². The van der Waals surface area contributed by atoms with E-state index in [0.717, 1.165) is 0 Å². The van der Waals surface area contributed by atoms with Crippen LogP contribution in [0.4, 0.5) is 0 Å². The van der Waals surface area contributed by atoms with Crippen molar-refractivity contribution < 1.29 is 19.8 Å². The van der Waals surface area contributed by atoms with Crippen LogP contribution in [0.1, 0.15) is 65.2 Å². The number of thiol groups is 2. The predicted octanol–water partition coefficient (Wildman–Crippen LogP) is 2.02. The number of aliphatic carboxylic acids is 2. The van der Waals surface area contributed by atoms with Crippen LogP contribution in [0.5, 0.6) is 0 Å². The third-order valence-corrected chi connectivity index (χ3v) is 7.23. The average Bonchev–Trinajstić information content (AvgIpc) is 2.54. The fraction of sp³-hybridized carbons (Fsp3) is 0.875. The SMILES string of the molecule is CCCCCCC[CH2][Sn+2][CH2]CCC.O=C([O-])CS.O=C([O-])CS. The summed E-state index contributed by atoms with van der Waals surface area (Å²) in [6.45, 7) is 4.60. The van der Waals surface area contributed by atoms with Gasteiger partial charge in [0, 0.05) is 11.5 Å². The molecule has 0 amide bonds. The minimum Gasteiger partial charge on any atom is -0.549 e. The van der Waals surface area contributed by atoms with Crippen molar-refractivity contribution in [3.8, 4) is 0 Å². The molecule has 7 heteroatoms. The topological polar surface area (TPSA) is 80.3 Å². The molecule has 0 aromatic heterocycles.